The fourth-order valence-corrected chi connectivity index (χ4v) is 16.4. The Morgan fingerprint density at radius 2 is 0.702 bits per heavy atom. The molecule has 0 aliphatic rings. The monoisotopic (exact) mass is 1810 g/mol. The van der Waals surface area contributed by atoms with E-state index in [1.165, 1.54) is 169 Å². The Morgan fingerprint density at radius 1 is 0.388 bits per heavy atom. The van der Waals surface area contributed by atoms with E-state index in [0.717, 1.165) is 40.9 Å². The predicted octanol–water partition coefficient (Wildman–Crippen LogP) is 18.0. The van der Waals surface area contributed by atoms with Gasteiger partial charge in [0.25, 0.3) is 16.7 Å². The summed E-state index contributed by atoms with van der Waals surface area (Å²) in [5.74, 6) is -0.0165. The lowest BCUT2D eigenvalue weighted by Gasteiger charge is -2.16. The predicted molar refractivity (Wildman–Crippen MR) is 444 cm³/mol. The van der Waals surface area contributed by atoms with E-state index < -0.39 is 75.8 Å². The summed E-state index contributed by atoms with van der Waals surface area (Å²) in [5, 5.41) is 20.7. The number of aromatic nitrogens is 6. The first-order valence-electron chi connectivity index (χ1n) is 34.3. The van der Waals surface area contributed by atoms with Gasteiger partial charge in [0.1, 0.15) is 59.0 Å². The molecule has 0 aliphatic carbocycles. The molecule has 9 aromatic carbocycles. The van der Waals surface area contributed by atoms with Gasteiger partial charge in [0.05, 0.1) is 103 Å². The lowest BCUT2D eigenvalue weighted by Crippen LogP contribution is -2.18. The summed E-state index contributed by atoms with van der Waals surface area (Å²) in [6, 6.07) is 55.3. The average molecular weight is 1810 g/mol. The molecule has 1 radical (unpaired) electrons. The van der Waals surface area contributed by atoms with Crippen molar-refractivity contribution in [2.24, 2.45) is 0 Å². The Bertz CT molecular complexity index is 6510. The average Bonchev–Trinajstić information content (AvgIpc) is 1.19. The quantitative estimate of drug-likeness (QED) is 0.0447. The molecule has 0 amide bonds. The number of fused-ring (bicyclic) bond motifs is 3. The highest BCUT2D eigenvalue weighted by atomic mass is 79.9. The lowest BCUT2D eigenvalue weighted by atomic mass is 10.0. The van der Waals surface area contributed by atoms with Gasteiger partial charge >= 0.3 is 26.2 Å². The van der Waals surface area contributed by atoms with Crippen molar-refractivity contribution < 1.29 is 102 Å². The van der Waals surface area contributed by atoms with Crippen molar-refractivity contribution in [3.63, 3.8) is 0 Å². The van der Waals surface area contributed by atoms with Crippen LogP contribution in [0.15, 0.2) is 302 Å². The maximum atomic E-state index is 13.2. The van der Waals surface area contributed by atoms with Gasteiger partial charge in [-0.15, -0.1) is 0 Å². The summed E-state index contributed by atoms with van der Waals surface area (Å²) in [6.07, 6.45) is -9.47. The Balaban J connectivity index is 0.000000191. The molecule has 0 aliphatic heterocycles. The summed E-state index contributed by atoms with van der Waals surface area (Å²) in [6.45, 7) is 0. The number of pyridine rings is 3. The van der Waals surface area contributed by atoms with Crippen LogP contribution in [0.5, 0.6) is 23.0 Å². The fraction of sp³-hybridized carbons (Fsp3) is 0.133. The van der Waals surface area contributed by atoms with Gasteiger partial charge in [-0.2, -0.15) is 49.4 Å². The van der Waals surface area contributed by atoms with Crippen molar-refractivity contribution in [2.75, 3.05) is 21.3 Å². The molecule has 0 bridgehead atoms. The molecule has 629 valence electrons. The van der Waals surface area contributed by atoms with E-state index in [-0.39, 0.29) is 90.9 Å². The topological polar surface area (TPSA) is 304 Å². The van der Waals surface area contributed by atoms with Crippen molar-refractivity contribution in [3.05, 3.63) is 325 Å². The molecule has 0 fully saturated rings. The summed E-state index contributed by atoms with van der Waals surface area (Å²) in [4.78, 5) is 38.8. The second-order valence-electron chi connectivity index (χ2n) is 25.4. The minimum atomic E-state index is -4.49. The van der Waals surface area contributed by atoms with E-state index in [1.54, 1.807) is 84.9 Å². The number of sulfone groups is 3. The molecule has 1 unspecified atom stereocenters. The van der Waals surface area contributed by atoms with Crippen LogP contribution < -0.4 is 35.5 Å². The summed E-state index contributed by atoms with van der Waals surface area (Å²) in [5.41, 5.74) is 1.67. The number of halogens is 10. The maximum absolute atomic E-state index is 13.2. The van der Waals surface area contributed by atoms with Gasteiger partial charge in [0.15, 0.2) is 29.5 Å². The number of methoxy groups -OCH3 is 3. The van der Waals surface area contributed by atoms with Crippen LogP contribution in [0.1, 0.15) is 48.6 Å². The highest BCUT2D eigenvalue weighted by Gasteiger charge is 2.33. The first-order chi connectivity index (χ1) is 56.1. The van der Waals surface area contributed by atoms with Crippen LogP contribution in [0, 0.1) is 0 Å². The fourth-order valence-electron chi connectivity index (χ4n) is 12.2. The van der Waals surface area contributed by atoms with E-state index in [9.17, 15) is 79.2 Å². The number of benzene rings is 9. The molecule has 1 N–H and O–H groups in total. The van der Waals surface area contributed by atoms with Crippen LogP contribution in [0.4, 0.5) is 39.5 Å². The zero-order valence-electron chi connectivity index (χ0n) is 61.8. The van der Waals surface area contributed by atoms with Crippen LogP contribution >= 0.6 is 25.8 Å². The maximum Gasteiger partial charge on any atom is 0.569 e. The Hall–Kier alpha value is -12.4. The smallest absolute Gasteiger partial charge is 0.537 e. The minimum Gasteiger partial charge on any atom is -0.537 e. The van der Waals surface area contributed by atoms with Gasteiger partial charge in [-0.25, -0.2) is 25.3 Å². The largest absolute Gasteiger partial charge is 0.569 e. The molecule has 0 saturated heterocycles. The number of rotatable bonds is 19. The van der Waals surface area contributed by atoms with Crippen LogP contribution in [0.2, 0.25) is 0 Å². The third-order valence-electron chi connectivity index (χ3n) is 17.8. The van der Waals surface area contributed by atoms with Gasteiger partial charge in [0.2, 0.25) is 0 Å². The molecule has 1 atom stereocenters. The van der Waals surface area contributed by atoms with Crippen LogP contribution in [0.25, 0.3) is 72.0 Å². The van der Waals surface area contributed by atoms with E-state index in [4.69, 9.17) is 32.8 Å². The Kier molecular flexibility index (Phi) is 29.3. The van der Waals surface area contributed by atoms with Crippen molar-refractivity contribution in [1.29, 1.82) is 0 Å². The first-order valence-corrected chi connectivity index (χ1v) is 40.0. The molecule has 6 aromatic heterocycles. The standard InChI is InChI=1S/2C27H19F3N2O5S.C20H15BrN2O5S.C7H5BF3O2.2CH4.H3P/c2*1-36-25-15-18(17-3-2-4-20(13-17)27(28,29)30)5-8-24(25)32-23-9-7-22(14-19(23)6-10-26(32)33)38(34,35)16-21-11-12-37-31-21;1-27-19-11-14(21)3-5-18(19)23-17-6-4-16(10-13(17)2-7-20(23)24)29(25,26)12-15-8-9-28-22-15;9-7(10,11)5-2-1-3-6(4-5)13-8-12;;;/h2*2-15H,16H2,1H3;2-11H,12H2,1H3;1-4,12H;2*1H4;1H3. The van der Waals surface area contributed by atoms with Gasteiger partial charge < -0.3 is 37.5 Å². The highest BCUT2D eigenvalue weighted by molar-refractivity contribution is 9.10. The molecule has 121 heavy (non-hydrogen) atoms. The van der Waals surface area contributed by atoms with Crippen molar-refractivity contribution in [3.8, 4) is 62.3 Å². The van der Waals surface area contributed by atoms with Gasteiger partial charge in [-0.05, 0) is 180 Å². The molecule has 15 aromatic rings. The highest BCUT2D eigenvalue weighted by Crippen LogP contribution is 2.40. The Morgan fingerprint density at radius 3 is 1.02 bits per heavy atom. The van der Waals surface area contributed by atoms with Crippen molar-refractivity contribution in [1.82, 2.24) is 29.2 Å². The van der Waals surface area contributed by atoms with E-state index >= 15 is 0 Å². The van der Waals surface area contributed by atoms with E-state index in [1.807, 2.05) is 0 Å². The van der Waals surface area contributed by atoms with Crippen LogP contribution in [0.3, 0.4) is 0 Å². The number of nitrogens with zero attached hydrogens (tertiary/aromatic N) is 6. The van der Waals surface area contributed by atoms with Gasteiger partial charge in [0, 0.05) is 57.0 Å². The zero-order chi connectivity index (χ0) is 84.7. The zero-order valence-corrected chi connectivity index (χ0v) is 67.3. The number of hydrogen-bond donors (Lipinski definition) is 1. The molecule has 15 rings (SSSR count). The second-order valence-corrected chi connectivity index (χ2v) is 32.3. The minimum absolute atomic E-state index is 0. The van der Waals surface area contributed by atoms with Crippen molar-refractivity contribution >= 4 is 95.7 Å². The second kappa shape index (κ2) is 38.3. The normalized spacial score (nSPS) is 11.6. The summed E-state index contributed by atoms with van der Waals surface area (Å²) in [7, 11) is -6.47. The molecular weight excluding hydrogens is 1740 g/mol. The SMILES string of the molecule is C.C.COc1cc(-c2cccc(C(F)(F)F)c2)ccc1-n1c(=O)ccc2cc(S(=O)(=O)Cc3ccon3)ccc21.COc1cc(-c2cccc(C(F)(F)F)c2)ccc1-n1c(=O)ccc2cc(S(=O)(=O)Cc3ccon3)ccc21.COc1cc(Br)ccc1-n1c(=O)ccc2cc(S(=O)(=O)Cc3ccon3)ccc21.O[B]Oc1cccc(C(F)(F)F)c1.P. The molecule has 0 spiro atoms. The molecule has 38 heteroatoms. The van der Waals surface area contributed by atoms with Crippen molar-refractivity contribution in [2.45, 2.75) is 65.3 Å². The summed E-state index contributed by atoms with van der Waals surface area (Å²) < 4.78 is 232. The van der Waals surface area contributed by atoms with E-state index in [0.29, 0.717) is 91.2 Å². The lowest BCUT2D eigenvalue weighted by molar-refractivity contribution is -0.138. The third kappa shape index (κ3) is 21.6. The third-order valence-corrected chi connectivity index (χ3v) is 23.2. The number of hydrogen-bond acceptors (Lipinski definition) is 20. The molecule has 23 nitrogen and oxygen atoms in total. The van der Waals surface area contributed by atoms with Crippen LogP contribution in [-0.2, 0) is 65.3 Å². The van der Waals surface area contributed by atoms with E-state index in [2.05, 4.69) is 36.1 Å². The molecule has 0 saturated carbocycles. The van der Waals surface area contributed by atoms with Gasteiger partial charge in [-0.1, -0.05) is 88.7 Å². The first kappa shape index (κ1) is 92.5. The Labute approximate surface area is 696 Å². The molecule has 6 heterocycles. The van der Waals surface area contributed by atoms with Crippen LogP contribution in [-0.4, -0.2) is 88.5 Å². The van der Waals surface area contributed by atoms with Gasteiger partial charge in [-0.3, -0.25) is 28.1 Å². The number of ether oxygens (including phenoxy) is 3. The summed E-state index contributed by atoms with van der Waals surface area (Å²) >= 11 is 3.39. The number of alkyl halides is 9. The molecular formula is C83H69BBrF9N6O17PS3.